The first-order valence-corrected chi connectivity index (χ1v) is 12.2. The van der Waals surface area contributed by atoms with Crippen LogP contribution in [0.15, 0.2) is 64.4 Å². The molecule has 1 saturated heterocycles. The van der Waals surface area contributed by atoms with Crippen molar-refractivity contribution in [2.45, 2.75) is 41.6 Å². The quantitative estimate of drug-likeness (QED) is 0.543. The second kappa shape index (κ2) is 7.81. The minimum Gasteiger partial charge on any atom is -0.502 e. The van der Waals surface area contributed by atoms with E-state index in [0.29, 0.717) is 22.4 Å². The molecular weight excluding hydrogens is 479 g/mol. The van der Waals surface area contributed by atoms with Crippen LogP contribution in [0, 0.1) is 5.82 Å². The summed E-state index contributed by atoms with van der Waals surface area (Å²) in [7, 11) is 0. The number of hydrogen-bond donors (Lipinski definition) is 1. The summed E-state index contributed by atoms with van der Waals surface area (Å²) >= 11 is 1.51. The molecule has 6 rings (SSSR count). The second-order valence-corrected chi connectivity index (χ2v) is 9.95. The zero-order valence-electron chi connectivity index (χ0n) is 18.3. The predicted octanol–water partition coefficient (Wildman–Crippen LogP) is 4.24. The molecule has 35 heavy (non-hydrogen) atoms. The average molecular weight is 500 g/mol. The molecule has 1 amide bonds. The SMILES string of the molecule is O=C1c2c(O)c(=O)ccn2N([C@@H]2c3ccccc3SCc3cccc(F)c32)C2CC(F)(F)CCN12. The number of aromatic nitrogens is 1. The third kappa shape index (κ3) is 3.34. The van der Waals surface area contributed by atoms with Crippen molar-refractivity contribution in [3.63, 3.8) is 0 Å². The summed E-state index contributed by atoms with van der Waals surface area (Å²) in [4.78, 5) is 27.7. The number of aromatic hydroxyl groups is 1. The van der Waals surface area contributed by atoms with E-state index in [1.807, 2.05) is 18.2 Å². The van der Waals surface area contributed by atoms with Gasteiger partial charge in [-0.3, -0.25) is 19.3 Å². The van der Waals surface area contributed by atoms with Gasteiger partial charge in [0, 0.05) is 41.4 Å². The van der Waals surface area contributed by atoms with Crippen molar-refractivity contribution in [2.24, 2.45) is 0 Å². The lowest BCUT2D eigenvalue weighted by Crippen LogP contribution is -2.66. The topological polar surface area (TPSA) is 65.8 Å². The number of fused-ring (bicyclic) bond motifs is 4. The van der Waals surface area contributed by atoms with Crippen LogP contribution in [0.1, 0.15) is 46.1 Å². The van der Waals surface area contributed by atoms with E-state index in [4.69, 9.17) is 0 Å². The Bertz CT molecular complexity index is 1430. The molecule has 3 aliphatic rings. The molecule has 0 bridgehead atoms. The first-order chi connectivity index (χ1) is 16.8. The maximum Gasteiger partial charge on any atom is 0.278 e. The number of carbonyl (C=O) groups is 1. The minimum atomic E-state index is -3.05. The van der Waals surface area contributed by atoms with Gasteiger partial charge in [-0.15, -0.1) is 11.8 Å². The number of piperidine rings is 1. The highest BCUT2D eigenvalue weighted by Gasteiger charge is 2.51. The van der Waals surface area contributed by atoms with Crippen LogP contribution < -0.4 is 10.4 Å². The lowest BCUT2D eigenvalue weighted by molar-refractivity contribution is -0.0785. The van der Waals surface area contributed by atoms with Gasteiger partial charge in [-0.05, 0) is 23.3 Å². The van der Waals surface area contributed by atoms with Gasteiger partial charge in [0.2, 0.25) is 5.43 Å². The van der Waals surface area contributed by atoms with E-state index in [0.717, 1.165) is 11.0 Å². The van der Waals surface area contributed by atoms with Gasteiger partial charge in [-0.2, -0.15) is 0 Å². The van der Waals surface area contributed by atoms with Crippen molar-refractivity contribution in [1.29, 1.82) is 0 Å². The fourth-order valence-electron chi connectivity index (χ4n) is 5.31. The number of nitrogens with zero attached hydrogens (tertiary/aromatic N) is 3. The number of amides is 1. The van der Waals surface area contributed by atoms with Crippen molar-refractivity contribution in [1.82, 2.24) is 9.58 Å². The van der Waals surface area contributed by atoms with E-state index in [2.05, 4.69) is 0 Å². The fraction of sp³-hybridized carbons (Fsp3) is 0.280. The summed E-state index contributed by atoms with van der Waals surface area (Å²) in [5.74, 6) is -4.54. The van der Waals surface area contributed by atoms with Crippen molar-refractivity contribution in [3.05, 3.63) is 93.2 Å². The van der Waals surface area contributed by atoms with Gasteiger partial charge in [0.1, 0.15) is 18.0 Å². The molecule has 4 heterocycles. The van der Waals surface area contributed by atoms with Gasteiger partial charge in [-0.25, -0.2) is 13.2 Å². The summed E-state index contributed by atoms with van der Waals surface area (Å²) in [5.41, 5.74) is 0.639. The predicted molar refractivity (Wildman–Crippen MR) is 124 cm³/mol. The molecule has 3 aliphatic heterocycles. The Morgan fingerprint density at radius 2 is 1.86 bits per heavy atom. The maximum absolute atomic E-state index is 15.5. The van der Waals surface area contributed by atoms with Gasteiger partial charge in [-0.1, -0.05) is 30.3 Å². The highest BCUT2D eigenvalue weighted by atomic mass is 32.2. The molecule has 0 saturated carbocycles. The summed E-state index contributed by atoms with van der Waals surface area (Å²) < 4.78 is 46.3. The smallest absolute Gasteiger partial charge is 0.278 e. The zero-order chi connectivity index (χ0) is 24.5. The zero-order valence-corrected chi connectivity index (χ0v) is 19.1. The van der Waals surface area contributed by atoms with E-state index in [1.54, 1.807) is 18.2 Å². The first kappa shape index (κ1) is 22.1. The van der Waals surface area contributed by atoms with Crippen LogP contribution in [0.5, 0.6) is 5.75 Å². The van der Waals surface area contributed by atoms with Gasteiger partial charge >= 0.3 is 0 Å². The third-order valence-corrected chi connectivity index (χ3v) is 8.05. The molecular formula is C25H20F3N3O3S. The Labute approximate surface area is 202 Å². The van der Waals surface area contributed by atoms with Crippen molar-refractivity contribution in [2.75, 3.05) is 11.6 Å². The van der Waals surface area contributed by atoms with Gasteiger partial charge in [0.25, 0.3) is 11.8 Å². The fourth-order valence-corrected chi connectivity index (χ4v) is 6.39. The summed E-state index contributed by atoms with van der Waals surface area (Å²) in [6.07, 6.45) is -1.04. The molecule has 10 heteroatoms. The molecule has 0 spiro atoms. The summed E-state index contributed by atoms with van der Waals surface area (Å²) in [6, 6.07) is 12.3. The van der Waals surface area contributed by atoms with Crippen LogP contribution in [0.2, 0.25) is 0 Å². The molecule has 2 aromatic carbocycles. The Balaban J connectivity index is 1.68. The molecule has 0 aliphatic carbocycles. The van der Waals surface area contributed by atoms with E-state index in [1.165, 1.54) is 38.6 Å². The summed E-state index contributed by atoms with van der Waals surface area (Å²) in [5, 5.41) is 12.1. The Kier molecular flexibility index (Phi) is 4.93. The van der Waals surface area contributed by atoms with Crippen molar-refractivity contribution < 1.29 is 23.1 Å². The normalized spacial score (nSPS) is 22.5. The molecule has 1 unspecified atom stereocenters. The number of hydrogen-bond acceptors (Lipinski definition) is 5. The molecule has 6 nitrogen and oxygen atoms in total. The Hall–Kier alpha value is -3.40. The number of pyridine rings is 1. The lowest BCUT2D eigenvalue weighted by Gasteiger charge is -2.52. The van der Waals surface area contributed by atoms with Crippen molar-refractivity contribution in [3.8, 4) is 5.75 Å². The maximum atomic E-state index is 15.5. The molecule has 1 fully saturated rings. The van der Waals surface area contributed by atoms with Crippen LogP contribution in [0.25, 0.3) is 0 Å². The standard InChI is InChI=1S/C25H20F3N3O3S/c26-16-6-3-4-14-13-35-18-7-2-1-5-15(18)21(20(14)16)31-19-12-25(27,28)9-11-29(19)24(34)22-23(33)17(32)8-10-30(22)31/h1-8,10,19,21,33H,9,11-13H2/t19?,21-/m1/s1. The minimum absolute atomic E-state index is 0.261. The van der Waals surface area contributed by atoms with E-state index >= 15 is 4.39 Å². The summed E-state index contributed by atoms with van der Waals surface area (Å²) in [6.45, 7) is -0.261. The van der Waals surface area contributed by atoms with Crippen LogP contribution >= 0.6 is 11.8 Å². The molecule has 1 N–H and O–H groups in total. The van der Waals surface area contributed by atoms with E-state index in [9.17, 15) is 23.5 Å². The van der Waals surface area contributed by atoms with Crippen molar-refractivity contribution >= 4 is 17.7 Å². The average Bonchev–Trinajstić information content (AvgIpc) is 2.99. The molecule has 3 aromatic rings. The third-order valence-electron chi connectivity index (χ3n) is 6.91. The molecule has 180 valence electrons. The molecule has 2 atom stereocenters. The second-order valence-electron chi connectivity index (χ2n) is 8.93. The highest BCUT2D eigenvalue weighted by molar-refractivity contribution is 7.98. The number of carbonyl (C=O) groups excluding carboxylic acids is 1. The monoisotopic (exact) mass is 499 g/mol. The molecule has 1 aromatic heterocycles. The Morgan fingerprint density at radius 1 is 1.06 bits per heavy atom. The number of thioether (sulfide) groups is 1. The Morgan fingerprint density at radius 3 is 2.69 bits per heavy atom. The van der Waals surface area contributed by atoms with Crippen LogP contribution in [-0.4, -0.2) is 39.2 Å². The highest BCUT2D eigenvalue weighted by Crippen LogP contribution is 2.47. The number of benzene rings is 2. The number of alkyl halides is 2. The lowest BCUT2D eigenvalue weighted by atomic mass is 9.91. The van der Waals surface area contributed by atoms with E-state index < -0.39 is 53.9 Å². The van der Waals surface area contributed by atoms with Crippen LogP contribution in [-0.2, 0) is 5.75 Å². The van der Waals surface area contributed by atoms with Gasteiger partial charge in [0.15, 0.2) is 11.4 Å². The van der Waals surface area contributed by atoms with Gasteiger partial charge < -0.3 is 10.0 Å². The van der Waals surface area contributed by atoms with Crippen LogP contribution in [0.4, 0.5) is 13.2 Å². The van der Waals surface area contributed by atoms with Crippen LogP contribution in [0.3, 0.4) is 0 Å². The number of rotatable bonds is 1. The van der Waals surface area contributed by atoms with Gasteiger partial charge in [0.05, 0.1) is 6.42 Å². The number of halogens is 3. The van der Waals surface area contributed by atoms with E-state index in [-0.39, 0.29) is 12.2 Å². The molecule has 0 radical (unpaired) electrons. The first-order valence-electron chi connectivity index (χ1n) is 11.2. The largest absolute Gasteiger partial charge is 0.502 e.